The molecule has 1 heteroatoms. The zero-order valence-electron chi connectivity index (χ0n) is 10.4. The zero-order chi connectivity index (χ0) is 11.1. The summed E-state index contributed by atoms with van der Waals surface area (Å²) in [6.45, 7) is 5.45. The molecule has 0 N–H and O–H groups in total. The van der Waals surface area contributed by atoms with Gasteiger partial charge in [0, 0.05) is 13.7 Å². The predicted octanol–water partition coefficient (Wildman–Crippen LogP) is 4.11. The first kappa shape index (κ1) is 12.5. The van der Waals surface area contributed by atoms with Gasteiger partial charge in [0.2, 0.25) is 0 Å². The molecule has 0 bridgehead atoms. The van der Waals surface area contributed by atoms with Crippen LogP contribution in [0.2, 0.25) is 0 Å². The van der Waals surface area contributed by atoms with Crippen molar-refractivity contribution in [2.45, 2.75) is 46.0 Å². The van der Waals surface area contributed by atoms with Crippen LogP contribution in [0, 0.1) is 5.92 Å². The highest BCUT2D eigenvalue weighted by atomic mass is 16.5. The molecule has 1 nitrogen and oxygen atoms in total. The van der Waals surface area contributed by atoms with Gasteiger partial charge in [-0.05, 0) is 38.0 Å². The highest BCUT2D eigenvalue weighted by Gasteiger charge is 2.06. The summed E-state index contributed by atoms with van der Waals surface area (Å²) in [4.78, 5) is 0. The van der Waals surface area contributed by atoms with Crippen molar-refractivity contribution in [1.82, 2.24) is 0 Å². The average molecular weight is 208 g/mol. The quantitative estimate of drug-likeness (QED) is 0.638. The number of hydrogen-bond donors (Lipinski definition) is 0. The summed E-state index contributed by atoms with van der Waals surface area (Å²) in [5, 5.41) is 0. The second-order valence-corrected chi connectivity index (χ2v) is 4.83. The normalized spacial score (nSPS) is 16.5. The van der Waals surface area contributed by atoms with Crippen LogP contribution in [0.25, 0.3) is 0 Å². The van der Waals surface area contributed by atoms with Gasteiger partial charge in [0.25, 0.3) is 0 Å². The first-order valence-electron chi connectivity index (χ1n) is 6.08. The van der Waals surface area contributed by atoms with Crippen molar-refractivity contribution in [2.24, 2.45) is 5.92 Å². The summed E-state index contributed by atoms with van der Waals surface area (Å²) in [5.41, 5.74) is 3.18. The Bertz CT molecular complexity index is 236. The summed E-state index contributed by atoms with van der Waals surface area (Å²) in [7, 11) is 1.77. The molecule has 0 aromatic rings. The second-order valence-electron chi connectivity index (χ2n) is 4.83. The molecular weight excluding hydrogens is 184 g/mol. The molecule has 0 aromatic carbocycles. The van der Waals surface area contributed by atoms with Crippen molar-refractivity contribution in [1.29, 1.82) is 0 Å². The molecule has 0 aromatic heterocycles. The predicted molar refractivity (Wildman–Crippen MR) is 66.0 cm³/mol. The van der Waals surface area contributed by atoms with Crippen LogP contribution in [0.4, 0.5) is 0 Å². The monoisotopic (exact) mass is 208 g/mol. The lowest BCUT2D eigenvalue weighted by Gasteiger charge is -2.15. The third-order valence-electron chi connectivity index (χ3n) is 2.99. The third kappa shape index (κ3) is 5.17. The minimum Gasteiger partial charge on any atom is -0.384 e. The molecule has 86 valence electrons. The molecule has 0 radical (unpaired) electrons. The largest absolute Gasteiger partial charge is 0.384 e. The Morgan fingerprint density at radius 2 is 1.73 bits per heavy atom. The van der Waals surface area contributed by atoms with E-state index in [2.05, 4.69) is 26.0 Å². The van der Waals surface area contributed by atoms with Gasteiger partial charge in [-0.1, -0.05) is 37.1 Å². The molecule has 0 unspecified atom stereocenters. The Hall–Kier alpha value is -0.560. The molecule has 15 heavy (non-hydrogen) atoms. The van der Waals surface area contributed by atoms with E-state index in [1.165, 1.54) is 25.7 Å². The van der Waals surface area contributed by atoms with Crippen LogP contribution in [0.15, 0.2) is 23.3 Å². The Kier molecular flexibility index (Phi) is 5.70. The molecule has 1 aliphatic rings. The molecule has 0 saturated carbocycles. The lowest BCUT2D eigenvalue weighted by Crippen LogP contribution is -1.98. The molecule has 0 saturated heterocycles. The maximum atomic E-state index is 5.09. The van der Waals surface area contributed by atoms with Crippen LogP contribution in [-0.2, 0) is 4.74 Å². The van der Waals surface area contributed by atoms with E-state index in [0.29, 0.717) is 0 Å². The Morgan fingerprint density at radius 1 is 1.13 bits per heavy atom. The van der Waals surface area contributed by atoms with E-state index in [1.807, 2.05) is 0 Å². The molecule has 1 aliphatic carbocycles. The summed E-state index contributed by atoms with van der Waals surface area (Å²) < 4.78 is 5.09. The third-order valence-corrected chi connectivity index (χ3v) is 2.99. The van der Waals surface area contributed by atoms with Crippen molar-refractivity contribution >= 4 is 0 Å². The van der Waals surface area contributed by atoms with E-state index in [0.717, 1.165) is 18.9 Å². The Balaban J connectivity index is 2.31. The van der Waals surface area contributed by atoms with E-state index >= 15 is 0 Å². The van der Waals surface area contributed by atoms with E-state index in [4.69, 9.17) is 4.74 Å². The minimum atomic E-state index is 0.824. The van der Waals surface area contributed by atoms with E-state index in [-0.39, 0.29) is 0 Å². The first-order chi connectivity index (χ1) is 7.22. The number of allylic oxidation sites excluding steroid dienone is 3. The van der Waals surface area contributed by atoms with Gasteiger partial charge in [-0.3, -0.25) is 0 Å². The lowest BCUT2D eigenvalue weighted by atomic mass is 9.92. The van der Waals surface area contributed by atoms with Crippen LogP contribution >= 0.6 is 0 Å². The number of rotatable bonds is 6. The van der Waals surface area contributed by atoms with Gasteiger partial charge in [0.15, 0.2) is 0 Å². The maximum Gasteiger partial charge on any atom is 0.0499 e. The van der Waals surface area contributed by atoms with Gasteiger partial charge >= 0.3 is 0 Å². The smallest absolute Gasteiger partial charge is 0.0499 e. The second kappa shape index (κ2) is 6.84. The van der Waals surface area contributed by atoms with Crippen LogP contribution in [-0.4, -0.2) is 13.7 Å². The van der Waals surface area contributed by atoms with Crippen molar-refractivity contribution in [3.05, 3.63) is 23.3 Å². The summed E-state index contributed by atoms with van der Waals surface area (Å²) in [6.07, 6.45) is 10.9. The van der Waals surface area contributed by atoms with Crippen molar-refractivity contribution in [2.75, 3.05) is 13.7 Å². The van der Waals surface area contributed by atoms with Crippen molar-refractivity contribution in [3.63, 3.8) is 0 Å². The van der Waals surface area contributed by atoms with Crippen LogP contribution < -0.4 is 0 Å². The molecule has 0 heterocycles. The Labute approximate surface area is 94.2 Å². The van der Waals surface area contributed by atoms with Gasteiger partial charge in [-0.25, -0.2) is 0 Å². The highest BCUT2D eigenvalue weighted by Crippen LogP contribution is 2.24. The number of hydrogen-bond acceptors (Lipinski definition) is 1. The van der Waals surface area contributed by atoms with Gasteiger partial charge in [-0.15, -0.1) is 0 Å². The van der Waals surface area contributed by atoms with E-state index in [1.54, 1.807) is 18.3 Å². The summed E-state index contributed by atoms with van der Waals surface area (Å²) in [5.74, 6) is 0.824. The average Bonchev–Trinajstić information content (AvgIpc) is 2.25. The highest BCUT2D eigenvalue weighted by molar-refractivity contribution is 5.23. The first-order valence-corrected chi connectivity index (χ1v) is 6.08. The molecule has 0 atom stereocenters. The van der Waals surface area contributed by atoms with Gasteiger partial charge in [0.05, 0.1) is 0 Å². The number of ether oxygens (including phenoxy) is 1. The summed E-state index contributed by atoms with van der Waals surface area (Å²) in [6, 6.07) is 0. The fourth-order valence-corrected chi connectivity index (χ4v) is 1.85. The van der Waals surface area contributed by atoms with Crippen LogP contribution in [0.3, 0.4) is 0 Å². The zero-order valence-corrected chi connectivity index (χ0v) is 10.4. The molecule has 0 amide bonds. The SMILES string of the molecule is COCCC1=CC=C(CCC(C)C)CC1. The summed E-state index contributed by atoms with van der Waals surface area (Å²) >= 11 is 0. The minimum absolute atomic E-state index is 0.824. The maximum absolute atomic E-state index is 5.09. The van der Waals surface area contributed by atoms with E-state index in [9.17, 15) is 0 Å². The Morgan fingerprint density at radius 3 is 2.20 bits per heavy atom. The molecule has 0 fully saturated rings. The van der Waals surface area contributed by atoms with Gasteiger partial charge in [-0.2, -0.15) is 0 Å². The van der Waals surface area contributed by atoms with Crippen LogP contribution in [0.5, 0.6) is 0 Å². The van der Waals surface area contributed by atoms with Crippen molar-refractivity contribution < 1.29 is 4.74 Å². The number of methoxy groups -OCH3 is 1. The van der Waals surface area contributed by atoms with Crippen LogP contribution in [0.1, 0.15) is 46.0 Å². The fourth-order valence-electron chi connectivity index (χ4n) is 1.85. The topological polar surface area (TPSA) is 9.23 Å². The van der Waals surface area contributed by atoms with E-state index < -0.39 is 0 Å². The molecule has 1 rings (SSSR count). The molecular formula is C14H24O. The van der Waals surface area contributed by atoms with Crippen molar-refractivity contribution in [3.8, 4) is 0 Å². The standard InChI is InChI=1S/C14H24O/c1-12(2)4-5-13-6-8-14(9-7-13)10-11-15-3/h6,8,12H,4-5,7,9-11H2,1-3H3. The fraction of sp³-hybridized carbons (Fsp3) is 0.714. The van der Waals surface area contributed by atoms with Gasteiger partial charge < -0.3 is 4.74 Å². The molecule has 0 spiro atoms. The lowest BCUT2D eigenvalue weighted by molar-refractivity contribution is 0.201. The molecule has 0 aliphatic heterocycles. The van der Waals surface area contributed by atoms with Gasteiger partial charge in [0.1, 0.15) is 0 Å².